The molecule has 2 aromatic carbocycles. The fourth-order valence-corrected chi connectivity index (χ4v) is 5.40. The molecule has 0 unspecified atom stereocenters. The van der Waals surface area contributed by atoms with Gasteiger partial charge in [-0.1, -0.05) is 12.1 Å². The fourth-order valence-electron chi connectivity index (χ4n) is 5.40. The number of hydrogen-bond acceptors (Lipinski definition) is 7. The summed E-state index contributed by atoms with van der Waals surface area (Å²) in [6, 6.07) is 16.5. The Morgan fingerprint density at radius 1 is 0.864 bits per heavy atom. The number of piperidine rings is 2. The Morgan fingerprint density at radius 2 is 1.50 bits per heavy atom. The molecule has 0 radical (unpaired) electrons. The van der Waals surface area contributed by atoms with E-state index in [4.69, 9.17) is 9.47 Å². The molecular weight excluding hydrogens is 577 g/mol. The van der Waals surface area contributed by atoms with Crippen molar-refractivity contribution in [2.24, 2.45) is 0 Å². The summed E-state index contributed by atoms with van der Waals surface area (Å²) in [6.07, 6.45) is -0.362. The first-order valence-electron chi connectivity index (χ1n) is 14.6. The van der Waals surface area contributed by atoms with Crippen LogP contribution in [0.5, 0.6) is 17.2 Å². The van der Waals surface area contributed by atoms with Gasteiger partial charge in [0, 0.05) is 57.8 Å². The highest BCUT2D eigenvalue weighted by Crippen LogP contribution is 2.25. The van der Waals surface area contributed by atoms with Crippen molar-refractivity contribution < 1.29 is 37.0 Å². The Morgan fingerprint density at radius 3 is 2.09 bits per heavy atom. The van der Waals surface area contributed by atoms with Gasteiger partial charge in [0.25, 0.3) is 11.8 Å². The van der Waals surface area contributed by atoms with Crippen LogP contribution in [0.25, 0.3) is 0 Å². The first-order chi connectivity index (χ1) is 21.1. The quantitative estimate of drug-likeness (QED) is 0.361. The molecule has 9 nitrogen and oxygen atoms in total. The molecule has 5 rings (SSSR count). The highest BCUT2D eigenvalue weighted by atomic mass is 19.4. The molecule has 0 atom stereocenters. The lowest BCUT2D eigenvalue weighted by Crippen LogP contribution is -2.44. The molecular formula is C32H35F3N4O5. The summed E-state index contributed by atoms with van der Waals surface area (Å²) in [6.45, 7) is 3.18. The molecule has 2 saturated heterocycles. The summed E-state index contributed by atoms with van der Waals surface area (Å²) in [5.74, 6) is 0.872. The number of carbonyl (C=O) groups excluding carboxylic acids is 2. The van der Waals surface area contributed by atoms with Gasteiger partial charge in [-0.25, -0.2) is 0 Å². The van der Waals surface area contributed by atoms with Crippen molar-refractivity contribution in [3.8, 4) is 17.2 Å². The smallest absolute Gasteiger partial charge is 0.497 e. The standard InChI is InChI=1S/C32H35F3N4O5/c1-42-25-7-9-26(10-8-25)43-27-14-18-39(19-15-27)31(41)29-11-4-23(20-36-29)30(40)37-24-12-16-38(17-13-24)21-22-2-5-28(6-3-22)44-32(33,34)35/h2-11,20,24,27H,12-19,21H2,1H3,(H,37,40). The number of ether oxygens (including phenoxy) is 3. The van der Waals surface area contributed by atoms with Crippen molar-refractivity contribution in [2.45, 2.75) is 50.7 Å². The lowest BCUT2D eigenvalue weighted by molar-refractivity contribution is -0.274. The van der Waals surface area contributed by atoms with E-state index < -0.39 is 6.36 Å². The zero-order valence-corrected chi connectivity index (χ0v) is 24.4. The van der Waals surface area contributed by atoms with Crippen LogP contribution in [-0.4, -0.2) is 78.4 Å². The molecule has 0 bridgehead atoms. The molecule has 44 heavy (non-hydrogen) atoms. The zero-order valence-electron chi connectivity index (χ0n) is 24.4. The summed E-state index contributed by atoms with van der Waals surface area (Å²) in [4.78, 5) is 34.1. The predicted octanol–water partition coefficient (Wildman–Crippen LogP) is 5.07. The van der Waals surface area contributed by atoms with Crippen LogP contribution in [0, 0.1) is 0 Å². The number of alkyl halides is 3. The third-order valence-corrected chi connectivity index (χ3v) is 7.82. The van der Waals surface area contributed by atoms with Crippen LogP contribution >= 0.6 is 0 Å². The van der Waals surface area contributed by atoms with Gasteiger partial charge in [0.05, 0.1) is 12.7 Å². The highest BCUT2D eigenvalue weighted by molar-refractivity contribution is 5.96. The molecule has 0 aliphatic carbocycles. The monoisotopic (exact) mass is 612 g/mol. The maximum absolute atomic E-state index is 13.0. The van der Waals surface area contributed by atoms with Crippen LogP contribution in [0.2, 0.25) is 0 Å². The molecule has 0 saturated carbocycles. The molecule has 2 fully saturated rings. The second-order valence-electron chi connectivity index (χ2n) is 10.9. The van der Waals surface area contributed by atoms with Gasteiger partial charge < -0.3 is 24.4 Å². The third-order valence-electron chi connectivity index (χ3n) is 7.82. The Labute approximate surface area is 253 Å². The van der Waals surface area contributed by atoms with E-state index in [2.05, 4.69) is 19.9 Å². The Hall–Kier alpha value is -4.32. The minimum atomic E-state index is -4.71. The maximum atomic E-state index is 13.0. The summed E-state index contributed by atoms with van der Waals surface area (Å²) >= 11 is 0. The molecule has 12 heteroatoms. The van der Waals surface area contributed by atoms with E-state index in [1.807, 2.05) is 24.3 Å². The normalized spacial score (nSPS) is 16.8. The molecule has 1 aromatic heterocycles. The number of aromatic nitrogens is 1. The SMILES string of the molecule is COc1ccc(OC2CCN(C(=O)c3ccc(C(=O)NC4CCN(Cc5ccc(OC(F)(F)F)cc5)CC4)cn3)CC2)cc1. The third kappa shape index (κ3) is 8.62. The predicted molar refractivity (Wildman–Crippen MR) is 156 cm³/mol. The molecule has 2 aliphatic rings. The number of carbonyl (C=O) groups is 2. The Bertz CT molecular complexity index is 1390. The maximum Gasteiger partial charge on any atom is 0.573 e. The van der Waals surface area contributed by atoms with E-state index in [-0.39, 0.29) is 29.7 Å². The minimum Gasteiger partial charge on any atom is -0.497 e. The first-order valence-corrected chi connectivity index (χ1v) is 14.6. The number of benzene rings is 2. The highest BCUT2D eigenvalue weighted by Gasteiger charge is 2.31. The Balaban J connectivity index is 1.03. The van der Waals surface area contributed by atoms with Crippen LogP contribution in [0.3, 0.4) is 0 Å². The molecule has 0 spiro atoms. The van der Waals surface area contributed by atoms with Crippen LogP contribution in [0.15, 0.2) is 66.9 Å². The minimum absolute atomic E-state index is 0.0101. The number of hydrogen-bond donors (Lipinski definition) is 1. The van der Waals surface area contributed by atoms with E-state index in [1.54, 1.807) is 36.3 Å². The number of methoxy groups -OCH3 is 1. The van der Waals surface area contributed by atoms with Gasteiger partial charge in [0.2, 0.25) is 0 Å². The molecule has 3 heterocycles. The fraction of sp³-hybridized carbons (Fsp3) is 0.406. The second-order valence-corrected chi connectivity index (χ2v) is 10.9. The number of amides is 2. The van der Waals surface area contributed by atoms with Crippen molar-refractivity contribution in [1.82, 2.24) is 20.1 Å². The summed E-state index contributed by atoms with van der Waals surface area (Å²) in [7, 11) is 1.62. The van der Waals surface area contributed by atoms with Crippen LogP contribution in [0.4, 0.5) is 13.2 Å². The molecule has 3 aromatic rings. The van der Waals surface area contributed by atoms with Gasteiger partial charge in [-0.3, -0.25) is 19.5 Å². The molecule has 2 amide bonds. The van der Waals surface area contributed by atoms with Gasteiger partial charge in [-0.2, -0.15) is 0 Å². The van der Waals surface area contributed by atoms with Crippen LogP contribution in [0.1, 0.15) is 52.1 Å². The number of halogens is 3. The van der Waals surface area contributed by atoms with E-state index in [1.165, 1.54) is 18.3 Å². The van der Waals surface area contributed by atoms with Crippen molar-refractivity contribution in [1.29, 1.82) is 0 Å². The number of rotatable bonds is 9. The van der Waals surface area contributed by atoms with Crippen molar-refractivity contribution in [3.63, 3.8) is 0 Å². The van der Waals surface area contributed by atoms with Gasteiger partial charge in [0.15, 0.2) is 0 Å². The molecule has 2 aliphatic heterocycles. The average Bonchev–Trinajstić information content (AvgIpc) is 3.03. The number of pyridine rings is 1. The zero-order chi connectivity index (χ0) is 31.1. The second kappa shape index (κ2) is 14.0. The van der Waals surface area contributed by atoms with Gasteiger partial charge >= 0.3 is 6.36 Å². The lowest BCUT2D eigenvalue weighted by atomic mass is 10.0. The summed E-state index contributed by atoms with van der Waals surface area (Å²) in [5, 5.41) is 3.05. The molecule has 234 valence electrons. The van der Waals surface area contributed by atoms with Crippen molar-refractivity contribution >= 4 is 11.8 Å². The van der Waals surface area contributed by atoms with E-state index in [0.29, 0.717) is 43.7 Å². The van der Waals surface area contributed by atoms with Crippen LogP contribution < -0.4 is 19.5 Å². The van der Waals surface area contributed by atoms with Gasteiger partial charge in [0.1, 0.15) is 29.0 Å². The topological polar surface area (TPSA) is 93.2 Å². The number of nitrogens with one attached hydrogen (secondary N) is 1. The Kier molecular flexibility index (Phi) is 9.89. The lowest BCUT2D eigenvalue weighted by Gasteiger charge is -2.32. The average molecular weight is 613 g/mol. The first kappa shape index (κ1) is 31.1. The van der Waals surface area contributed by atoms with Crippen molar-refractivity contribution in [3.05, 3.63) is 83.7 Å². The van der Waals surface area contributed by atoms with E-state index in [0.717, 1.165) is 43.0 Å². The van der Waals surface area contributed by atoms with Crippen molar-refractivity contribution in [2.75, 3.05) is 33.3 Å². The van der Waals surface area contributed by atoms with Gasteiger partial charge in [-0.05, 0) is 66.9 Å². The summed E-state index contributed by atoms with van der Waals surface area (Å²) in [5.41, 5.74) is 1.56. The van der Waals surface area contributed by atoms with Gasteiger partial charge in [-0.15, -0.1) is 13.2 Å². The number of likely N-dealkylation sites (tertiary alicyclic amines) is 2. The van der Waals surface area contributed by atoms with Crippen LogP contribution in [-0.2, 0) is 6.54 Å². The number of nitrogens with zero attached hydrogens (tertiary/aromatic N) is 3. The van der Waals surface area contributed by atoms with E-state index in [9.17, 15) is 22.8 Å². The largest absolute Gasteiger partial charge is 0.573 e. The van der Waals surface area contributed by atoms with E-state index >= 15 is 0 Å². The summed E-state index contributed by atoms with van der Waals surface area (Å²) < 4.78 is 52.2. The molecule has 1 N–H and O–H groups in total.